The van der Waals surface area contributed by atoms with Gasteiger partial charge in [0.05, 0.1) is 0 Å². The summed E-state index contributed by atoms with van der Waals surface area (Å²) in [6.07, 6.45) is 2.59. The van der Waals surface area contributed by atoms with E-state index in [4.69, 9.17) is 0 Å². The molecule has 74 valence electrons. The van der Waals surface area contributed by atoms with E-state index in [9.17, 15) is 0 Å². The molecule has 0 radical (unpaired) electrons. The van der Waals surface area contributed by atoms with Gasteiger partial charge in [-0.1, -0.05) is 66.0 Å². The quantitative estimate of drug-likeness (QED) is 0.651. The molecule has 0 aromatic carbocycles. The van der Waals surface area contributed by atoms with Gasteiger partial charge in [0.1, 0.15) is 0 Å². The van der Waals surface area contributed by atoms with Gasteiger partial charge in [-0.15, -0.1) is 0 Å². The van der Waals surface area contributed by atoms with Gasteiger partial charge < -0.3 is 0 Å². The second-order valence-corrected chi connectivity index (χ2v) is 6.02. The second-order valence-electron chi connectivity index (χ2n) is 4.20. The lowest BCUT2D eigenvalue weighted by Crippen LogP contribution is -2.29. The Morgan fingerprint density at radius 1 is 1.33 bits per heavy atom. The SMILES string of the molecule is CCCC(C)(C)C(C)C(Br)CBr. The Kier molecular flexibility index (Phi) is 6.09. The Labute approximate surface area is 93.8 Å². The smallest absolute Gasteiger partial charge is 0.0273 e. The first-order valence-corrected chi connectivity index (χ1v) is 6.69. The van der Waals surface area contributed by atoms with Crippen LogP contribution in [0.25, 0.3) is 0 Å². The highest BCUT2D eigenvalue weighted by molar-refractivity contribution is 9.12. The highest BCUT2D eigenvalue weighted by Crippen LogP contribution is 2.36. The first-order chi connectivity index (χ1) is 5.45. The average Bonchev–Trinajstić information content (AvgIpc) is 2.01. The molecule has 0 N–H and O–H groups in total. The average molecular weight is 300 g/mol. The van der Waals surface area contributed by atoms with Gasteiger partial charge in [0.2, 0.25) is 0 Å². The molecule has 0 aromatic rings. The van der Waals surface area contributed by atoms with Crippen LogP contribution >= 0.6 is 31.9 Å². The number of alkyl halides is 2. The summed E-state index contributed by atoms with van der Waals surface area (Å²) in [5.41, 5.74) is 0.455. The van der Waals surface area contributed by atoms with Crippen molar-refractivity contribution in [3.63, 3.8) is 0 Å². The molecule has 0 aliphatic rings. The zero-order valence-corrected chi connectivity index (χ0v) is 11.7. The summed E-state index contributed by atoms with van der Waals surface area (Å²) in [5, 5.41) is 1.04. The maximum Gasteiger partial charge on any atom is 0.0273 e. The lowest BCUT2D eigenvalue weighted by molar-refractivity contribution is 0.212. The molecule has 0 heterocycles. The molecule has 0 saturated carbocycles. The topological polar surface area (TPSA) is 0 Å². The van der Waals surface area contributed by atoms with E-state index in [1.54, 1.807) is 0 Å². The Balaban J connectivity index is 4.13. The van der Waals surface area contributed by atoms with Gasteiger partial charge in [-0.25, -0.2) is 0 Å². The molecule has 0 amide bonds. The van der Waals surface area contributed by atoms with Gasteiger partial charge in [-0.3, -0.25) is 0 Å². The molecule has 0 aliphatic carbocycles. The van der Waals surface area contributed by atoms with Crippen molar-refractivity contribution in [2.24, 2.45) is 11.3 Å². The van der Waals surface area contributed by atoms with E-state index in [2.05, 4.69) is 59.6 Å². The maximum absolute atomic E-state index is 3.70. The van der Waals surface area contributed by atoms with Gasteiger partial charge >= 0.3 is 0 Å². The van der Waals surface area contributed by atoms with E-state index in [1.807, 2.05) is 0 Å². The lowest BCUT2D eigenvalue weighted by Gasteiger charge is -2.34. The second kappa shape index (κ2) is 5.64. The molecule has 0 bridgehead atoms. The normalized spacial score (nSPS) is 17.5. The molecule has 0 aromatic heterocycles. The molecule has 12 heavy (non-hydrogen) atoms. The van der Waals surface area contributed by atoms with E-state index in [0.717, 1.165) is 11.2 Å². The van der Waals surface area contributed by atoms with Crippen LogP contribution in [0.2, 0.25) is 0 Å². The van der Waals surface area contributed by atoms with Gasteiger partial charge in [0, 0.05) is 10.2 Å². The van der Waals surface area contributed by atoms with Crippen LogP contribution < -0.4 is 0 Å². The maximum atomic E-state index is 3.70. The molecule has 0 nitrogen and oxygen atoms in total. The van der Waals surface area contributed by atoms with Crippen LogP contribution in [0, 0.1) is 11.3 Å². The van der Waals surface area contributed by atoms with Gasteiger partial charge in [-0.05, 0) is 17.8 Å². The highest BCUT2D eigenvalue weighted by Gasteiger charge is 2.29. The minimum Gasteiger partial charge on any atom is -0.0916 e. The molecule has 2 atom stereocenters. The van der Waals surface area contributed by atoms with Crippen LogP contribution in [-0.4, -0.2) is 10.2 Å². The van der Waals surface area contributed by atoms with Gasteiger partial charge in [0.25, 0.3) is 0 Å². The summed E-state index contributed by atoms with van der Waals surface area (Å²) in [5.74, 6) is 0.719. The van der Waals surface area contributed by atoms with Crippen molar-refractivity contribution in [2.75, 3.05) is 5.33 Å². The van der Waals surface area contributed by atoms with Crippen LogP contribution in [0.1, 0.15) is 40.5 Å². The Morgan fingerprint density at radius 2 is 1.83 bits per heavy atom. The molecule has 2 heteroatoms. The highest BCUT2D eigenvalue weighted by atomic mass is 79.9. The predicted molar refractivity (Wildman–Crippen MR) is 64.4 cm³/mol. The van der Waals surface area contributed by atoms with Crippen molar-refractivity contribution in [3.8, 4) is 0 Å². The van der Waals surface area contributed by atoms with E-state index in [-0.39, 0.29) is 0 Å². The fraction of sp³-hybridized carbons (Fsp3) is 1.00. The zero-order valence-electron chi connectivity index (χ0n) is 8.53. The molecule has 0 aliphatic heterocycles. The Hall–Kier alpha value is 0.960. The van der Waals surface area contributed by atoms with E-state index in [0.29, 0.717) is 10.2 Å². The van der Waals surface area contributed by atoms with Gasteiger partial charge in [-0.2, -0.15) is 0 Å². The lowest BCUT2D eigenvalue weighted by atomic mass is 9.75. The minimum atomic E-state index is 0.455. The summed E-state index contributed by atoms with van der Waals surface area (Å²) in [6, 6.07) is 0. The number of rotatable bonds is 5. The first-order valence-electron chi connectivity index (χ1n) is 4.65. The van der Waals surface area contributed by atoms with Crippen LogP contribution in [0.15, 0.2) is 0 Å². The van der Waals surface area contributed by atoms with Crippen LogP contribution in [0.3, 0.4) is 0 Å². The Bertz CT molecular complexity index is 121. The molecule has 0 rings (SSSR count). The van der Waals surface area contributed by atoms with Crippen molar-refractivity contribution < 1.29 is 0 Å². The third kappa shape index (κ3) is 3.78. The molecule has 0 fully saturated rings. The summed E-state index contributed by atoms with van der Waals surface area (Å²) in [4.78, 5) is 0.596. The van der Waals surface area contributed by atoms with Crippen molar-refractivity contribution in [1.82, 2.24) is 0 Å². The van der Waals surface area contributed by atoms with E-state index in [1.165, 1.54) is 12.8 Å². The fourth-order valence-corrected chi connectivity index (χ4v) is 2.77. The predicted octanol–water partition coefficient (Wildman–Crippen LogP) is 4.61. The summed E-state index contributed by atoms with van der Waals surface area (Å²) in [7, 11) is 0. The standard InChI is InChI=1S/C10H20Br2/c1-5-6-10(3,4)8(2)9(12)7-11/h8-9H,5-7H2,1-4H3. The monoisotopic (exact) mass is 298 g/mol. The van der Waals surface area contributed by atoms with Crippen molar-refractivity contribution in [3.05, 3.63) is 0 Å². The van der Waals surface area contributed by atoms with Crippen molar-refractivity contribution >= 4 is 31.9 Å². The third-order valence-electron chi connectivity index (χ3n) is 2.82. The van der Waals surface area contributed by atoms with Crippen molar-refractivity contribution in [2.45, 2.75) is 45.4 Å². The molecule has 0 saturated heterocycles. The van der Waals surface area contributed by atoms with Crippen LogP contribution in [0.4, 0.5) is 0 Å². The minimum absolute atomic E-state index is 0.455. The van der Waals surface area contributed by atoms with Crippen molar-refractivity contribution in [1.29, 1.82) is 0 Å². The molecule has 0 spiro atoms. The fourth-order valence-electron chi connectivity index (χ4n) is 1.50. The summed E-state index contributed by atoms with van der Waals surface area (Å²) < 4.78 is 0. The number of hydrogen-bond acceptors (Lipinski definition) is 0. The Morgan fingerprint density at radius 3 is 2.17 bits per heavy atom. The van der Waals surface area contributed by atoms with E-state index >= 15 is 0 Å². The number of hydrogen-bond donors (Lipinski definition) is 0. The first kappa shape index (κ1) is 13.0. The zero-order chi connectivity index (χ0) is 9.78. The van der Waals surface area contributed by atoms with E-state index < -0.39 is 0 Å². The number of halogens is 2. The molecular formula is C10H20Br2. The summed E-state index contributed by atoms with van der Waals surface area (Å²) >= 11 is 7.21. The molecular weight excluding hydrogens is 280 g/mol. The third-order valence-corrected chi connectivity index (χ3v) is 5.50. The van der Waals surface area contributed by atoms with Crippen LogP contribution in [0.5, 0.6) is 0 Å². The van der Waals surface area contributed by atoms with Gasteiger partial charge in [0.15, 0.2) is 0 Å². The van der Waals surface area contributed by atoms with Crippen LogP contribution in [-0.2, 0) is 0 Å². The summed E-state index contributed by atoms with van der Waals surface area (Å²) in [6.45, 7) is 9.30. The largest absolute Gasteiger partial charge is 0.0916 e. The molecule has 2 unspecified atom stereocenters.